The molecule has 0 bridgehead atoms. The maximum atomic E-state index is 5.16. The molecular weight excluding hydrogens is 166 g/mol. The van der Waals surface area contributed by atoms with Gasteiger partial charge in [-0.05, 0) is 6.92 Å². The molecule has 72 valence electrons. The third-order valence-electron chi connectivity index (χ3n) is 2.29. The highest BCUT2D eigenvalue weighted by Gasteiger charge is 2.33. The van der Waals surface area contributed by atoms with Crippen LogP contribution in [0.2, 0.25) is 0 Å². The van der Waals surface area contributed by atoms with Gasteiger partial charge in [0.25, 0.3) is 0 Å². The zero-order valence-corrected chi connectivity index (χ0v) is 8.05. The van der Waals surface area contributed by atoms with Gasteiger partial charge in [-0.1, -0.05) is 6.92 Å². The van der Waals surface area contributed by atoms with Crippen molar-refractivity contribution in [3.05, 3.63) is 11.9 Å². The van der Waals surface area contributed by atoms with Gasteiger partial charge in [-0.2, -0.15) is 0 Å². The van der Waals surface area contributed by atoms with Gasteiger partial charge in [0.05, 0.1) is 13.2 Å². The summed E-state index contributed by atoms with van der Waals surface area (Å²) in [6, 6.07) is 0. The Kier molecular flexibility index (Phi) is 2.00. The second kappa shape index (κ2) is 3.03. The van der Waals surface area contributed by atoms with Crippen molar-refractivity contribution in [3.63, 3.8) is 0 Å². The Morgan fingerprint density at radius 3 is 2.92 bits per heavy atom. The molecule has 1 saturated heterocycles. The van der Waals surface area contributed by atoms with Gasteiger partial charge < -0.3 is 15.0 Å². The number of rotatable bonds is 3. The number of nitrogens with zero attached hydrogens (tertiary/aromatic N) is 1. The highest BCUT2D eigenvalue weighted by molar-refractivity contribution is 5.26. The van der Waals surface area contributed by atoms with E-state index in [-0.39, 0.29) is 0 Å². The highest BCUT2D eigenvalue weighted by atomic mass is 16.5. The van der Waals surface area contributed by atoms with Crippen molar-refractivity contribution in [2.45, 2.75) is 13.8 Å². The number of aromatic nitrogens is 2. The van der Waals surface area contributed by atoms with Gasteiger partial charge >= 0.3 is 0 Å². The number of ether oxygens (including phenoxy) is 1. The van der Waals surface area contributed by atoms with E-state index in [2.05, 4.69) is 22.2 Å². The number of hydrogen-bond acceptors (Lipinski definition) is 3. The first-order chi connectivity index (χ1) is 6.18. The lowest BCUT2D eigenvalue weighted by molar-refractivity contribution is -0.0925. The lowest BCUT2D eigenvalue weighted by atomic mass is 9.89. The minimum Gasteiger partial charge on any atom is -0.380 e. The zero-order chi connectivity index (χ0) is 9.31. The molecule has 0 saturated carbocycles. The Labute approximate surface area is 77.7 Å². The van der Waals surface area contributed by atoms with Crippen LogP contribution >= 0.6 is 0 Å². The molecule has 4 nitrogen and oxygen atoms in total. The van der Waals surface area contributed by atoms with Gasteiger partial charge in [0.1, 0.15) is 0 Å². The molecule has 4 heteroatoms. The Balaban J connectivity index is 1.85. The van der Waals surface area contributed by atoms with Crippen molar-refractivity contribution >= 4 is 5.95 Å². The minimum absolute atomic E-state index is 0.292. The van der Waals surface area contributed by atoms with E-state index in [1.807, 2.05) is 13.1 Å². The maximum absolute atomic E-state index is 5.16. The van der Waals surface area contributed by atoms with Crippen LogP contribution in [0.4, 0.5) is 5.95 Å². The second-order valence-electron chi connectivity index (χ2n) is 4.07. The molecular formula is C9H15N3O. The minimum atomic E-state index is 0.292. The van der Waals surface area contributed by atoms with Crippen molar-refractivity contribution in [1.29, 1.82) is 0 Å². The van der Waals surface area contributed by atoms with Crippen LogP contribution in [-0.2, 0) is 4.74 Å². The summed E-state index contributed by atoms with van der Waals surface area (Å²) in [5, 5.41) is 3.26. The molecule has 0 atom stereocenters. The van der Waals surface area contributed by atoms with Crippen LogP contribution in [0.15, 0.2) is 6.20 Å². The number of hydrogen-bond donors (Lipinski definition) is 2. The van der Waals surface area contributed by atoms with E-state index < -0.39 is 0 Å². The summed E-state index contributed by atoms with van der Waals surface area (Å²) in [7, 11) is 0. The first-order valence-electron chi connectivity index (χ1n) is 4.51. The molecule has 0 aliphatic carbocycles. The standard InChI is InChI=1S/C9H15N3O/c1-7-3-10-8(12-7)11-4-9(2)5-13-6-9/h3H,4-6H2,1-2H3,(H2,10,11,12). The summed E-state index contributed by atoms with van der Waals surface area (Å²) in [5.74, 6) is 0.852. The summed E-state index contributed by atoms with van der Waals surface area (Å²) in [6.45, 7) is 6.81. The first kappa shape index (κ1) is 8.56. The van der Waals surface area contributed by atoms with Gasteiger partial charge in [0.2, 0.25) is 0 Å². The monoisotopic (exact) mass is 181 g/mol. The summed E-state index contributed by atoms with van der Waals surface area (Å²) in [5.41, 5.74) is 1.37. The molecule has 0 aromatic carbocycles. The summed E-state index contributed by atoms with van der Waals surface area (Å²) < 4.78 is 5.16. The molecule has 1 aliphatic rings. The van der Waals surface area contributed by atoms with E-state index in [0.717, 1.165) is 31.4 Å². The maximum Gasteiger partial charge on any atom is 0.200 e. The molecule has 1 aliphatic heterocycles. The van der Waals surface area contributed by atoms with Gasteiger partial charge in [-0.3, -0.25) is 0 Å². The fourth-order valence-corrected chi connectivity index (χ4v) is 1.35. The van der Waals surface area contributed by atoms with Crippen LogP contribution < -0.4 is 5.32 Å². The Morgan fingerprint density at radius 2 is 2.46 bits per heavy atom. The van der Waals surface area contributed by atoms with Crippen LogP contribution in [0.5, 0.6) is 0 Å². The molecule has 0 spiro atoms. The number of aryl methyl sites for hydroxylation is 1. The van der Waals surface area contributed by atoms with Crippen molar-refractivity contribution in [1.82, 2.24) is 9.97 Å². The summed E-state index contributed by atoms with van der Waals surface area (Å²) >= 11 is 0. The van der Waals surface area contributed by atoms with Gasteiger partial charge in [0, 0.05) is 23.9 Å². The fraction of sp³-hybridized carbons (Fsp3) is 0.667. The molecule has 2 heterocycles. The average molecular weight is 181 g/mol. The lowest BCUT2D eigenvalue weighted by Gasteiger charge is -2.37. The number of nitrogens with one attached hydrogen (secondary N) is 2. The predicted octanol–water partition coefficient (Wildman–Crippen LogP) is 1.17. The second-order valence-corrected chi connectivity index (χ2v) is 4.07. The SMILES string of the molecule is Cc1cnc(NCC2(C)COC2)[nH]1. The molecule has 0 amide bonds. The third kappa shape index (κ3) is 1.83. The quantitative estimate of drug-likeness (QED) is 0.735. The van der Waals surface area contributed by atoms with E-state index in [1.54, 1.807) is 0 Å². The van der Waals surface area contributed by atoms with Gasteiger partial charge in [0.15, 0.2) is 5.95 Å². The van der Waals surface area contributed by atoms with E-state index in [0.29, 0.717) is 5.41 Å². The summed E-state index contributed by atoms with van der Waals surface area (Å²) in [6.07, 6.45) is 1.82. The van der Waals surface area contributed by atoms with Crippen molar-refractivity contribution in [3.8, 4) is 0 Å². The Morgan fingerprint density at radius 1 is 1.69 bits per heavy atom. The van der Waals surface area contributed by atoms with Crippen molar-refractivity contribution in [2.24, 2.45) is 5.41 Å². The van der Waals surface area contributed by atoms with Crippen molar-refractivity contribution < 1.29 is 4.74 Å². The molecule has 1 fully saturated rings. The van der Waals surface area contributed by atoms with E-state index >= 15 is 0 Å². The Hall–Kier alpha value is -1.03. The highest BCUT2D eigenvalue weighted by Crippen LogP contribution is 2.26. The normalized spacial score (nSPS) is 19.5. The van der Waals surface area contributed by atoms with Crippen LogP contribution in [0.25, 0.3) is 0 Å². The van der Waals surface area contributed by atoms with Crippen molar-refractivity contribution in [2.75, 3.05) is 25.1 Å². The van der Waals surface area contributed by atoms with E-state index in [4.69, 9.17) is 4.74 Å². The topological polar surface area (TPSA) is 49.9 Å². The average Bonchev–Trinajstić information content (AvgIpc) is 2.44. The molecule has 1 aromatic heterocycles. The molecule has 13 heavy (non-hydrogen) atoms. The number of anilines is 1. The number of aromatic amines is 1. The first-order valence-corrected chi connectivity index (χ1v) is 4.51. The molecule has 2 N–H and O–H groups in total. The van der Waals surface area contributed by atoms with Crippen LogP contribution in [0.1, 0.15) is 12.6 Å². The molecule has 0 radical (unpaired) electrons. The van der Waals surface area contributed by atoms with Crippen LogP contribution in [0, 0.1) is 12.3 Å². The number of H-pyrrole nitrogens is 1. The van der Waals surface area contributed by atoms with E-state index in [9.17, 15) is 0 Å². The molecule has 0 unspecified atom stereocenters. The van der Waals surface area contributed by atoms with Gasteiger partial charge in [-0.25, -0.2) is 4.98 Å². The predicted molar refractivity (Wildman–Crippen MR) is 50.7 cm³/mol. The van der Waals surface area contributed by atoms with Crippen LogP contribution in [0.3, 0.4) is 0 Å². The Bertz CT molecular complexity index is 291. The fourth-order valence-electron chi connectivity index (χ4n) is 1.35. The molecule has 2 rings (SSSR count). The summed E-state index contributed by atoms with van der Waals surface area (Å²) in [4.78, 5) is 7.30. The zero-order valence-electron chi connectivity index (χ0n) is 8.05. The largest absolute Gasteiger partial charge is 0.380 e. The third-order valence-corrected chi connectivity index (χ3v) is 2.29. The lowest BCUT2D eigenvalue weighted by Crippen LogP contribution is -2.45. The number of imidazole rings is 1. The molecule has 1 aromatic rings. The van der Waals surface area contributed by atoms with Gasteiger partial charge in [-0.15, -0.1) is 0 Å². The van der Waals surface area contributed by atoms with Crippen LogP contribution in [-0.4, -0.2) is 29.7 Å². The smallest absolute Gasteiger partial charge is 0.200 e. The van der Waals surface area contributed by atoms with E-state index in [1.165, 1.54) is 0 Å².